The zero-order chi connectivity index (χ0) is 25.6. The molecule has 3 aromatic carbocycles. The molecule has 0 fully saturated rings. The molecule has 6 rings (SSSR count). The summed E-state index contributed by atoms with van der Waals surface area (Å²) in [5.74, 6) is 0.760. The van der Waals surface area contributed by atoms with Crippen LogP contribution in [-0.2, 0) is 11.3 Å². The van der Waals surface area contributed by atoms with Crippen LogP contribution in [0.25, 0.3) is 11.3 Å². The number of hydrogen-bond donors (Lipinski definition) is 3. The molecule has 37 heavy (non-hydrogen) atoms. The van der Waals surface area contributed by atoms with Crippen molar-refractivity contribution in [2.24, 2.45) is 0 Å². The lowest BCUT2D eigenvalue weighted by Crippen LogP contribution is -2.24. The van der Waals surface area contributed by atoms with Crippen molar-refractivity contribution in [2.75, 3.05) is 24.2 Å². The summed E-state index contributed by atoms with van der Waals surface area (Å²) < 4.78 is 25.5. The van der Waals surface area contributed by atoms with Crippen molar-refractivity contribution in [3.63, 3.8) is 0 Å². The molecule has 0 atom stereocenters. The van der Waals surface area contributed by atoms with Gasteiger partial charge in [-0.05, 0) is 67.4 Å². The number of ether oxygens (including phenoxy) is 2. The molecule has 0 radical (unpaired) electrons. The molecule has 2 aliphatic rings. The maximum Gasteiger partial charge on any atom is 0.251 e. The molecule has 0 aliphatic carbocycles. The van der Waals surface area contributed by atoms with Crippen LogP contribution in [0.15, 0.2) is 72.9 Å². The molecule has 0 saturated carbocycles. The standard InChI is InChI=1S/C28H26FN5O3/c29-20-4-3-5-22(16-20)37-26-9-7-21-14-19(26)17-36-13-2-1-11-31-27(35)18-6-8-23(24(30)15-18)25-10-12-32-28(33-21)34-25/h3-10,12,14-16H,1-2,11,13,17,30H2,(H,31,35)(H,32,33,34). The minimum Gasteiger partial charge on any atom is -0.457 e. The molecule has 1 amide bonds. The Morgan fingerprint density at radius 3 is 2.81 bits per heavy atom. The highest BCUT2D eigenvalue weighted by atomic mass is 19.1. The van der Waals surface area contributed by atoms with Crippen LogP contribution < -0.4 is 21.1 Å². The Kier molecular flexibility index (Phi) is 7.23. The Labute approximate surface area is 213 Å². The first-order valence-corrected chi connectivity index (χ1v) is 12.0. The average Bonchev–Trinajstić information content (AvgIpc) is 2.89. The number of aromatic nitrogens is 2. The first kappa shape index (κ1) is 24.2. The van der Waals surface area contributed by atoms with Gasteiger partial charge < -0.3 is 25.8 Å². The van der Waals surface area contributed by atoms with Crippen LogP contribution in [0, 0.1) is 5.82 Å². The van der Waals surface area contributed by atoms with E-state index < -0.39 is 0 Å². The normalized spacial score (nSPS) is 14.0. The van der Waals surface area contributed by atoms with Gasteiger partial charge in [-0.1, -0.05) is 6.07 Å². The van der Waals surface area contributed by atoms with Gasteiger partial charge in [0.15, 0.2) is 0 Å². The molecule has 3 heterocycles. The number of nitrogens with one attached hydrogen (secondary N) is 2. The van der Waals surface area contributed by atoms with Gasteiger partial charge in [0.1, 0.15) is 17.3 Å². The molecule has 4 N–H and O–H groups in total. The summed E-state index contributed by atoms with van der Waals surface area (Å²) >= 11 is 0. The Morgan fingerprint density at radius 2 is 1.95 bits per heavy atom. The molecular weight excluding hydrogens is 473 g/mol. The fourth-order valence-electron chi connectivity index (χ4n) is 3.98. The van der Waals surface area contributed by atoms with Crippen molar-refractivity contribution >= 4 is 23.2 Å². The van der Waals surface area contributed by atoms with Crippen LogP contribution in [0.5, 0.6) is 11.5 Å². The van der Waals surface area contributed by atoms with Crippen LogP contribution in [0.1, 0.15) is 28.8 Å². The molecule has 0 saturated heterocycles. The van der Waals surface area contributed by atoms with Crippen LogP contribution in [0.4, 0.5) is 21.7 Å². The molecule has 6 bridgehead atoms. The summed E-state index contributed by atoms with van der Waals surface area (Å²) in [5, 5.41) is 6.13. The molecule has 1 aromatic heterocycles. The van der Waals surface area contributed by atoms with Gasteiger partial charge in [0.25, 0.3) is 5.91 Å². The summed E-state index contributed by atoms with van der Waals surface area (Å²) in [4.78, 5) is 21.5. The Bertz CT molecular complexity index is 1430. The number of halogens is 1. The van der Waals surface area contributed by atoms with E-state index in [2.05, 4.69) is 20.6 Å². The molecule has 2 aliphatic heterocycles. The number of hydrogen-bond acceptors (Lipinski definition) is 7. The van der Waals surface area contributed by atoms with E-state index >= 15 is 0 Å². The fourth-order valence-corrected chi connectivity index (χ4v) is 3.98. The van der Waals surface area contributed by atoms with Crippen molar-refractivity contribution in [1.82, 2.24) is 15.3 Å². The second-order valence-corrected chi connectivity index (χ2v) is 8.59. The SMILES string of the molecule is Nc1cc2ccc1-c1ccnc(n1)Nc1ccc(Oc3cccc(F)c3)c(c1)COCCCCNC2=O. The van der Waals surface area contributed by atoms with Gasteiger partial charge in [-0.3, -0.25) is 4.79 Å². The number of nitrogen functional groups attached to an aromatic ring is 1. The van der Waals surface area contributed by atoms with Gasteiger partial charge in [0.05, 0.1) is 12.3 Å². The van der Waals surface area contributed by atoms with Crippen LogP contribution >= 0.6 is 0 Å². The van der Waals surface area contributed by atoms with Gasteiger partial charge in [-0.15, -0.1) is 0 Å². The fraction of sp³-hybridized carbons (Fsp3) is 0.179. The van der Waals surface area contributed by atoms with Crippen LogP contribution in [-0.4, -0.2) is 29.0 Å². The number of nitrogens with zero attached hydrogens (tertiary/aromatic N) is 2. The van der Waals surface area contributed by atoms with Crippen molar-refractivity contribution in [3.8, 4) is 22.8 Å². The highest BCUT2D eigenvalue weighted by Gasteiger charge is 2.13. The van der Waals surface area contributed by atoms with E-state index in [0.29, 0.717) is 53.1 Å². The van der Waals surface area contributed by atoms with E-state index in [1.54, 1.807) is 48.7 Å². The lowest BCUT2D eigenvalue weighted by atomic mass is 10.1. The van der Waals surface area contributed by atoms with E-state index in [4.69, 9.17) is 15.2 Å². The maximum atomic E-state index is 13.7. The molecule has 9 heteroatoms. The second kappa shape index (κ2) is 11.0. The van der Waals surface area contributed by atoms with E-state index in [9.17, 15) is 9.18 Å². The smallest absolute Gasteiger partial charge is 0.251 e. The third-order valence-corrected chi connectivity index (χ3v) is 5.84. The highest BCUT2D eigenvalue weighted by molar-refractivity contribution is 5.96. The minimum atomic E-state index is -0.378. The van der Waals surface area contributed by atoms with Gasteiger partial charge in [-0.25, -0.2) is 14.4 Å². The first-order valence-electron chi connectivity index (χ1n) is 12.0. The van der Waals surface area contributed by atoms with E-state index in [1.165, 1.54) is 12.1 Å². The van der Waals surface area contributed by atoms with Crippen molar-refractivity contribution < 1.29 is 18.7 Å². The Balaban J connectivity index is 1.47. The number of nitrogens with two attached hydrogens (primary N) is 1. The summed E-state index contributed by atoms with van der Waals surface area (Å²) in [5.41, 5.74) is 10.0. The minimum absolute atomic E-state index is 0.183. The lowest BCUT2D eigenvalue weighted by molar-refractivity contribution is 0.0945. The van der Waals surface area contributed by atoms with E-state index in [-0.39, 0.29) is 18.3 Å². The number of carbonyl (C=O) groups excluding carboxylic acids is 1. The monoisotopic (exact) mass is 499 g/mol. The van der Waals surface area contributed by atoms with E-state index in [0.717, 1.165) is 24.1 Å². The summed E-state index contributed by atoms with van der Waals surface area (Å²) in [6.07, 6.45) is 3.16. The lowest BCUT2D eigenvalue weighted by Gasteiger charge is -2.14. The van der Waals surface area contributed by atoms with Crippen LogP contribution in [0.3, 0.4) is 0 Å². The second-order valence-electron chi connectivity index (χ2n) is 8.59. The summed E-state index contributed by atoms with van der Waals surface area (Å²) in [6.45, 7) is 1.31. The van der Waals surface area contributed by atoms with Crippen molar-refractivity contribution in [2.45, 2.75) is 19.4 Å². The molecule has 8 nitrogen and oxygen atoms in total. The van der Waals surface area contributed by atoms with E-state index in [1.807, 2.05) is 12.1 Å². The number of anilines is 3. The van der Waals surface area contributed by atoms with Crippen molar-refractivity contribution in [1.29, 1.82) is 0 Å². The molecule has 4 aromatic rings. The summed E-state index contributed by atoms with van der Waals surface area (Å²) in [7, 11) is 0. The average molecular weight is 500 g/mol. The predicted molar refractivity (Wildman–Crippen MR) is 139 cm³/mol. The zero-order valence-electron chi connectivity index (χ0n) is 20.0. The molecular formula is C28H26FN5O3. The van der Waals surface area contributed by atoms with Gasteiger partial charge in [0, 0.05) is 53.5 Å². The zero-order valence-corrected chi connectivity index (χ0v) is 20.0. The topological polar surface area (TPSA) is 111 Å². The largest absolute Gasteiger partial charge is 0.457 e. The molecule has 0 spiro atoms. The number of amides is 1. The first-order chi connectivity index (χ1) is 18.0. The Hall–Kier alpha value is -4.50. The molecule has 0 unspecified atom stereocenters. The number of benzene rings is 3. The van der Waals surface area contributed by atoms with Gasteiger partial charge in [-0.2, -0.15) is 0 Å². The third kappa shape index (κ3) is 6.02. The maximum absolute atomic E-state index is 13.7. The summed E-state index contributed by atoms with van der Waals surface area (Å²) in [6, 6.07) is 18.4. The number of fused-ring (bicyclic) bond motifs is 9. The predicted octanol–water partition coefficient (Wildman–Crippen LogP) is 5.44. The van der Waals surface area contributed by atoms with Crippen molar-refractivity contribution in [3.05, 3.63) is 89.9 Å². The number of carbonyl (C=O) groups is 1. The van der Waals surface area contributed by atoms with Gasteiger partial charge >= 0.3 is 0 Å². The third-order valence-electron chi connectivity index (χ3n) is 5.84. The number of rotatable bonds is 2. The highest BCUT2D eigenvalue weighted by Crippen LogP contribution is 2.31. The molecule has 188 valence electrons. The Morgan fingerprint density at radius 1 is 1.03 bits per heavy atom. The van der Waals surface area contributed by atoms with Crippen LogP contribution in [0.2, 0.25) is 0 Å². The van der Waals surface area contributed by atoms with Gasteiger partial charge in [0.2, 0.25) is 5.95 Å². The quantitative estimate of drug-likeness (QED) is 0.315.